The summed E-state index contributed by atoms with van der Waals surface area (Å²) >= 11 is 5.75. The van der Waals surface area contributed by atoms with Gasteiger partial charge in [0.1, 0.15) is 17.6 Å². The number of morpholine rings is 1. The van der Waals surface area contributed by atoms with Crippen molar-refractivity contribution in [2.45, 2.75) is 30.9 Å². The molecule has 0 radical (unpaired) electrons. The number of rotatable bonds is 2. The van der Waals surface area contributed by atoms with Crippen LogP contribution in [0.3, 0.4) is 0 Å². The Labute approximate surface area is 116 Å². The average Bonchev–Trinajstić information content (AvgIpc) is 2.79. The van der Waals surface area contributed by atoms with Crippen LogP contribution >= 0.6 is 11.6 Å². The van der Waals surface area contributed by atoms with Crippen molar-refractivity contribution in [2.75, 3.05) is 32.8 Å². The van der Waals surface area contributed by atoms with Gasteiger partial charge in [0, 0.05) is 19.5 Å². The molecule has 0 bridgehead atoms. The summed E-state index contributed by atoms with van der Waals surface area (Å²) in [5, 5.41) is -0.745. The number of nitrogens with zero attached hydrogens (tertiary/aromatic N) is 2. The zero-order chi connectivity index (χ0) is 14.0. The van der Waals surface area contributed by atoms with Gasteiger partial charge in [-0.1, -0.05) is 0 Å². The van der Waals surface area contributed by atoms with Crippen LogP contribution in [-0.2, 0) is 14.3 Å². The molecule has 2 amide bonds. The van der Waals surface area contributed by atoms with Crippen molar-refractivity contribution < 1.29 is 18.7 Å². The van der Waals surface area contributed by atoms with Crippen LogP contribution in [0.2, 0.25) is 0 Å². The predicted molar refractivity (Wildman–Crippen MR) is 67.7 cm³/mol. The number of carbonyl (C=O) groups excluding carboxylic acids is 2. The average molecular weight is 293 g/mol. The van der Waals surface area contributed by atoms with E-state index in [0.29, 0.717) is 26.3 Å². The minimum absolute atomic E-state index is 0.0450. The van der Waals surface area contributed by atoms with Crippen LogP contribution in [0.25, 0.3) is 0 Å². The monoisotopic (exact) mass is 292 g/mol. The third kappa shape index (κ3) is 3.17. The van der Waals surface area contributed by atoms with E-state index in [2.05, 4.69) is 0 Å². The van der Waals surface area contributed by atoms with Crippen LogP contribution in [0.5, 0.6) is 0 Å². The summed E-state index contributed by atoms with van der Waals surface area (Å²) in [5.74, 6) is -0.581. The first-order valence-corrected chi connectivity index (χ1v) is 6.89. The molecular formula is C12H18ClFN2O3. The molecule has 7 heteroatoms. The van der Waals surface area contributed by atoms with E-state index in [1.54, 1.807) is 4.90 Å². The second-order valence-corrected chi connectivity index (χ2v) is 5.55. The van der Waals surface area contributed by atoms with Gasteiger partial charge in [0.25, 0.3) is 0 Å². The van der Waals surface area contributed by atoms with E-state index in [4.69, 9.17) is 16.3 Å². The second kappa shape index (κ2) is 6.05. The molecule has 3 atom stereocenters. The SMILES string of the molecule is CC(Cl)C(=O)N1C[C@H](F)C[C@H]1C(=O)N1CCOCC1. The largest absolute Gasteiger partial charge is 0.378 e. The quantitative estimate of drug-likeness (QED) is 0.693. The van der Waals surface area contributed by atoms with Crippen molar-refractivity contribution in [3.8, 4) is 0 Å². The molecular weight excluding hydrogens is 275 g/mol. The highest BCUT2D eigenvalue weighted by molar-refractivity contribution is 6.30. The Morgan fingerprint density at radius 2 is 2.00 bits per heavy atom. The summed E-state index contributed by atoms with van der Waals surface area (Å²) in [5.41, 5.74) is 0. The lowest BCUT2D eigenvalue weighted by atomic mass is 10.1. The van der Waals surface area contributed by atoms with Crippen molar-refractivity contribution in [1.82, 2.24) is 9.80 Å². The van der Waals surface area contributed by atoms with Crippen LogP contribution in [0.1, 0.15) is 13.3 Å². The summed E-state index contributed by atoms with van der Waals surface area (Å²) in [4.78, 5) is 27.2. The molecule has 2 fully saturated rings. The van der Waals surface area contributed by atoms with Crippen molar-refractivity contribution >= 4 is 23.4 Å². The first kappa shape index (κ1) is 14.5. The first-order valence-electron chi connectivity index (χ1n) is 6.46. The first-order chi connectivity index (χ1) is 9.00. The summed E-state index contributed by atoms with van der Waals surface area (Å²) in [6, 6.07) is -0.721. The van der Waals surface area contributed by atoms with Crippen LogP contribution in [0.4, 0.5) is 4.39 Å². The van der Waals surface area contributed by atoms with Gasteiger partial charge in [-0.2, -0.15) is 0 Å². The molecule has 0 aromatic rings. The van der Waals surface area contributed by atoms with E-state index in [-0.39, 0.29) is 24.8 Å². The molecule has 2 saturated heterocycles. The number of alkyl halides is 2. The van der Waals surface area contributed by atoms with Crippen LogP contribution in [-0.4, -0.2) is 72.1 Å². The minimum atomic E-state index is -1.16. The van der Waals surface area contributed by atoms with Crippen molar-refractivity contribution in [3.05, 3.63) is 0 Å². The minimum Gasteiger partial charge on any atom is -0.378 e. The smallest absolute Gasteiger partial charge is 0.245 e. The van der Waals surface area contributed by atoms with Crippen molar-refractivity contribution in [1.29, 1.82) is 0 Å². The highest BCUT2D eigenvalue weighted by atomic mass is 35.5. The maximum Gasteiger partial charge on any atom is 0.245 e. The van der Waals surface area contributed by atoms with Crippen molar-refractivity contribution in [3.63, 3.8) is 0 Å². The Morgan fingerprint density at radius 1 is 1.37 bits per heavy atom. The molecule has 108 valence electrons. The molecule has 1 unspecified atom stereocenters. The van der Waals surface area contributed by atoms with E-state index >= 15 is 0 Å². The molecule has 2 aliphatic heterocycles. The summed E-state index contributed by atoms with van der Waals surface area (Å²) in [7, 11) is 0. The van der Waals surface area contributed by atoms with Crippen LogP contribution < -0.4 is 0 Å². The number of hydrogen-bond acceptors (Lipinski definition) is 3. The van der Waals surface area contributed by atoms with Gasteiger partial charge in [0.2, 0.25) is 11.8 Å². The molecule has 2 aliphatic rings. The van der Waals surface area contributed by atoms with E-state index in [0.717, 1.165) is 0 Å². The molecule has 0 N–H and O–H groups in total. The lowest BCUT2D eigenvalue weighted by Gasteiger charge is -2.32. The van der Waals surface area contributed by atoms with Crippen LogP contribution in [0.15, 0.2) is 0 Å². The van der Waals surface area contributed by atoms with Gasteiger partial charge >= 0.3 is 0 Å². The summed E-state index contributed by atoms with van der Waals surface area (Å²) < 4.78 is 18.7. The zero-order valence-electron chi connectivity index (χ0n) is 10.8. The number of likely N-dealkylation sites (tertiary alicyclic amines) is 1. The number of ether oxygens (including phenoxy) is 1. The van der Waals surface area contributed by atoms with Crippen molar-refractivity contribution in [2.24, 2.45) is 0 Å². The zero-order valence-corrected chi connectivity index (χ0v) is 11.6. The summed E-state index contributed by atoms with van der Waals surface area (Å²) in [6.07, 6.45) is -1.10. The molecule has 2 rings (SSSR count). The Balaban J connectivity index is 2.07. The molecule has 0 aromatic heterocycles. The molecule has 0 aromatic carbocycles. The van der Waals surface area contributed by atoms with Gasteiger partial charge < -0.3 is 14.5 Å². The third-order valence-corrected chi connectivity index (χ3v) is 3.67. The van der Waals surface area contributed by atoms with E-state index < -0.39 is 17.6 Å². The Kier molecular flexibility index (Phi) is 4.62. The van der Waals surface area contributed by atoms with E-state index in [1.807, 2.05) is 0 Å². The lowest BCUT2D eigenvalue weighted by molar-refractivity contribution is -0.146. The maximum atomic E-state index is 13.5. The summed E-state index contributed by atoms with van der Waals surface area (Å²) in [6.45, 7) is 3.44. The topological polar surface area (TPSA) is 49.9 Å². The fourth-order valence-corrected chi connectivity index (χ4v) is 2.61. The standard InChI is InChI=1S/C12H18ClFN2O3/c1-8(13)11(17)16-7-9(14)6-10(16)12(18)15-2-4-19-5-3-15/h8-10H,2-7H2,1H3/t8?,9-,10+/m1/s1. The lowest BCUT2D eigenvalue weighted by Crippen LogP contribution is -2.52. The van der Waals surface area contributed by atoms with E-state index in [9.17, 15) is 14.0 Å². The Hall–Kier alpha value is -0.880. The molecule has 0 spiro atoms. The van der Waals surface area contributed by atoms with Gasteiger partial charge in [0.05, 0.1) is 19.8 Å². The normalized spacial score (nSPS) is 29.4. The fourth-order valence-electron chi connectivity index (χ4n) is 2.49. The highest BCUT2D eigenvalue weighted by Gasteiger charge is 2.42. The molecule has 5 nitrogen and oxygen atoms in total. The maximum absolute atomic E-state index is 13.5. The number of carbonyl (C=O) groups is 2. The third-order valence-electron chi connectivity index (χ3n) is 3.48. The number of amides is 2. The molecule has 19 heavy (non-hydrogen) atoms. The fraction of sp³-hybridized carbons (Fsp3) is 0.833. The number of halogens is 2. The van der Waals surface area contributed by atoms with E-state index in [1.165, 1.54) is 11.8 Å². The van der Waals surface area contributed by atoms with Gasteiger partial charge in [-0.05, 0) is 6.92 Å². The van der Waals surface area contributed by atoms with Gasteiger partial charge in [0.15, 0.2) is 0 Å². The molecule has 0 aliphatic carbocycles. The molecule has 2 heterocycles. The number of hydrogen-bond donors (Lipinski definition) is 0. The van der Waals surface area contributed by atoms with Gasteiger partial charge in [-0.15, -0.1) is 11.6 Å². The second-order valence-electron chi connectivity index (χ2n) is 4.89. The Bertz CT molecular complexity index is 361. The highest BCUT2D eigenvalue weighted by Crippen LogP contribution is 2.24. The molecule has 0 saturated carbocycles. The van der Waals surface area contributed by atoms with Crippen LogP contribution in [0, 0.1) is 0 Å². The van der Waals surface area contributed by atoms with Gasteiger partial charge in [-0.25, -0.2) is 4.39 Å². The Morgan fingerprint density at radius 3 is 2.58 bits per heavy atom. The predicted octanol–water partition coefficient (Wildman–Crippen LogP) is 0.412. The van der Waals surface area contributed by atoms with Gasteiger partial charge in [-0.3, -0.25) is 9.59 Å².